The van der Waals surface area contributed by atoms with E-state index in [-0.39, 0.29) is 36.0 Å². The number of ether oxygens (including phenoxy) is 1. The van der Waals surface area contributed by atoms with E-state index in [4.69, 9.17) is 21.3 Å². The Hall–Kier alpha value is -2.00. The van der Waals surface area contributed by atoms with Crippen LogP contribution in [-0.4, -0.2) is 42.5 Å². The van der Waals surface area contributed by atoms with Crippen molar-refractivity contribution >= 4 is 47.4 Å². The molecule has 1 aliphatic rings. The quantitative estimate of drug-likeness (QED) is 0.263. The molecule has 2 aromatic carbocycles. The molecule has 0 aliphatic carbocycles. The van der Waals surface area contributed by atoms with Crippen molar-refractivity contribution in [1.82, 2.24) is 15.5 Å². The molecule has 1 heterocycles. The SMILES string of the molecule is CCNC(=NCc1cccc(CN2CCCC2=O)c1)NCC(C)Oc1ccc(Cl)cc1.I. The molecule has 174 valence electrons. The number of nitrogens with one attached hydrogen (secondary N) is 2. The van der Waals surface area contributed by atoms with Crippen molar-refractivity contribution in [3.63, 3.8) is 0 Å². The molecule has 1 unspecified atom stereocenters. The zero-order valence-electron chi connectivity index (χ0n) is 18.6. The molecule has 1 fully saturated rings. The second kappa shape index (κ2) is 13.5. The van der Waals surface area contributed by atoms with Gasteiger partial charge in [-0.15, -0.1) is 24.0 Å². The molecule has 1 aliphatic heterocycles. The molecule has 8 heteroatoms. The number of hydrogen-bond acceptors (Lipinski definition) is 3. The van der Waals surface area contributed by atoms with Crippen molar-refractivity contribution in [2.45, 2.75) is 45.9 Å². The Labute approximate surface area is 212 Å². The van der Waals surface area contributed by atoms with Crippen LogP contribution in [0.2, 0.25) is 5.02 Å². The van der Waals surface area contributed by atoms with Crippen molar-refractivity contribution in [1.29, 1.82) is 0 Å². The molecule has 2 N–H and O–H groups in total. The molecule has 0 bridgehead atoms. The van der Waals surface area contributed by atoms with Gasteiger partial charge in [0.05, 0.1) is 13.1 Å². The van der Waals surface area contributed by atoms with Crippen molar-refractivity contribution in [3.8, 4) is 5.75 Å². The van der Waals surface area contributed by atoms with E-state index in [9.17, 15) is 4.79 Å². The smallest absolute Gasteiger partial charge is 0.222 e. The van der Waals surface area contributed by atoms with Crippen molar-refractivity contribution < 1.29 is 9.53 Å². The van der Waals surface area contributed by atoms with E-state index in [0.717, 1.165) is 42.3 Å². The Bertz CT molecular complexity index is 892. The van der Waals surface area contributed by atoms with Crippen LogP contribution in [0.1, 0.15) is 37.8 Å². The number of halogens is 2. The second-order valence-electron chi connectivity index (χ2n) is 7.70. The van der Waals surface area contributed by atoms with Gasteiger partial charge in [0.1, 0.15) is 11.9 Å². The summed E-state index contributed by atoms with van der Waals surface area (Å²) in [5, 5.41) is 7.30. The van der Waals surface area contributed by atoms with Crippen molar-refractivity contribution in [3.05, 3.63) is 64.7 Å². The fourth-order valence-corrected chi connectivity index (χ4v) is 3.58. The molecule has 3 rings (SSSR count). The molecular formula is C24H32ClIN4O2. The van der Waals surface area contributed by atoms with E-state index >= 15 is 0 Å². The van der Waals surface area contributed by atoms with E-state index in [1.165, 1.54) is 0 Å². The number of aliphatic imine (C=N–C) groups is 1. The fourth-order valence-electron chi connectivity index (χ4n) is 3.46. The number of benzene rings is 2. The Morgan fingerprint density at radius 1 is 1.19 bits per heavy atom. The van der Waals surface area contributed by atoms with Gasteiger partial charge in [-0.25, -0.2) is 4.99 Å². The maximum Gasteiger partial charge on any atom is 0.222 e. The van der Waals surface area contributed by atoms with Gasteiger partial charge >= 0.3 is 0 Å². The number of amides is 1. The molecule has 1 atom stereocenters. The van der Waals surface area contributed by atoms with Crippen LogP contribution in [0.3, 0.4) is 0 Å². The molecule has 32 heavy (non-hydrogen) atoms. The Kier molecular flexibility index (Phi) is 11.1. The van der Waals surface area contributed by atoms with Gasteiger partial charge in [0.25, 0.3) is 0 Å². The van der Waals surface area contributed by atoms with E-state index in [0.29, 0.717) is 31.1 Å². The molecular weight excluding hydrogens is 539 g/mol. The number of likely N-dealkylation sites (tertiary alicyclic amines) is 1. The molecule has 1 amide bonds. The van der Waals surface area contributed by atoms with Gasteiger partial charge in [-0.05, 0) is 55.7 Å². The molecule has 2 aromatic rings. The van der Waals surface area contributed by atoms with E-state index in [2.05, 4.69) is 28.8 Å². The number of carbonyl (C=O) groups is 1. The highest BCUT2D eigenvalue weighted by Gasteiger charge is 2.19. The molecule has 0 radical (unpaired) electrons. The number of carbonyl (C=O) groups excluding carboxylic acids is 1. The number of rotatable bonds is 9. The summed E-state index contributed by atoms with van der Waals surface area (Å²) in [5.41, 5.74) is 2.26. The summed E-state index contributed by atoms with van der Waals surface area (Å²) in [6.07, 6.45) is 1.59. The molecule has 6 nitrogen and oxygen atoms in total. The summed E-state index contributed by atoms with van der Waals surface area (Å²) in [6, 6.07) is 15.6. The summed E-state index contributed by atoms with van der Waals surface area (Å²) in [4.78, 5) is 18.5. The highest BCUT2D eigenvalue weighted by atomic mass is 127. The highest BCUT2D eigenvalue weighted by molar-refractivity contribution is 14.0. The first-order chi connectivity index (χ1) is 15.0. The standard InChI is InChI=1S/C24H31ClN4O2.HI/c1-3-26-24(27-15-18(2)31-22-11-9-21(25)10-12-22)28-16-19-6-4-7-20(14-19)17-29-13-5-8-23(29)30;/h4,6-7,9-12,14,18H,3,5,8,13,15-17H2,1-2H3,(H2,26,27,28);1H. The third-order valence-corrected chi connectivity index (χ3v) is 5.26. The van der Waals surface area contributed by atoms with Crippen LogP contribution < -0.4 is 15.4 Å². The van der Waals surface area contributed by atoms with Crippen molar-refractivity contribution in [2.75, 3.05) is 19.6 Å². The average molecular weight is 571 g/mol. The average Bonchev–Trinajstić information content (AvgIpc) is 3.16. The predicted molar refractivity (Wildman–Crippen MR) is 141 cm³/mol. The van der Waals surface area contributed by atoms with Crippen molar-refractivity contribution in [2.24, 2.45) is 4.99 Å². The van der Waals surface area contributed by atoms with Crippen LogP contribution in [0.4, 0.5) is 0 Å². The van der Waals surface area contributed by atoms with Crippen LogP contribution in [0.25, 0.3) is 0 Å². The maximum atomic E-state index is 11.9. The Morgan fingerprint density at radius 3 is 2.62 bits per heavy atom. The second-order valence-corrected chi connectivity index (χ2v) is 8.13. The Morgan fingerprint density at radius 2 is 1.94 bits per heavy atom. The summed E-state index contributed by atoms with van der Waals surface area (Å²) >= 11 is 5.92. The normalized spacial score (nSPS) is 14.7. The minimum Gasteiger partial charge on any atom is -0.489 e. The summed E-state index contributed by atoms with van der Waals surface area (Å²) in [6.45, 7) is 7.53. The highest BCUT2D eigenvalue weighted by Crippen LogP contribution is 2.17. The van der Waals surface area contributed by atoms with Crippen LogP contribution in [0, 0.1) is 0 Å². The maximum absolute atomic E-state index is 11.9. The number of nitrogens with zero attached hydrogens (tertiary/aromatic N) is 2. The molecule has 0 aromatic heterocycles. The minimum atomic E-state index is -0.0358. The van der Waals surface area contributed by atoms with E-state index in [1.807, 2.05) is 49.1 Å². The van der Waals surface area contributed by atoms with Gasteiger partial charge < -0.3 is 20.3 Å². The zero-order valence-corrected chi connectivity index (χ0v) is 21.7. The molecule has 0 spiro atoms. The van der Waals surface area contributed by atoms with Gasteiger partial charge in [-0.3, -0.25) is 4.79 Å². The summed E-state index contributed by atoms with van der Waals surface area (Å²) < 4.78 is 5.91. The van der Waals surface area contributed by atoms with Gasteiger partial charge in [0.15, 0.2) is 5.96 Å². The Balaban J connectivity index is 0.00000363. The molecule has 1 saturated heterocycles. The monoisotopic (exact) mass is 570 g/mol. The van der Waals surface area contributed by atoms with Crippen LogP contribution in [0.5, 0.6) is 5.75 Å². The number of hydrogen-bond donors (Lipinski definition) is 2. The third kappa shape index (κ3) is 8.50. The summed E-state index contributed by atoms with van der Waals surface area (Å²) in [7, 11) is 0. The van der Waals surface area contributed by atoms with Gasteiger partial charge in [-0.2, -0.15) is 0 Å². The lowest BCUT2D eigenvalue weighted by molar-refractivity contribution is -0.128. The predicted octanol–water partition coefficient (Wildman–Crippen LogP) is 4.60. The first-order valence-corrected chi connectivity index (χ1v) is 11.2. The zero-order chi connectivity index (χ0) is 22.1. The summed E-state index contributed by atoms with van der Waals surface area (Å²) in [5.74, 6) is 1.78. The van der Waals surface area contributed by atoms with Gasteiger partial charge in [-0.1, -0.05) is 35.9 Å². The van der Waals surface area contributed by atoms with Gasteiger partial charge in [0.2, 0.25) is 5.91 Å². The lowest BCUT2D eigenvalue weighted by atomic mass is 10.1. The third-order valence-electron chi connectivity index (χ3n) is 5.01. The number of guanidine groups is 1. The van der Waals surface area contributed by atoms with E-state index < -0.39 is 0 Å². The largest absolute Gasteiger partial charge is 0.489 e. The van der Waals surface area contributed by atoms with Gasteiger partial charge in [0, 0.05) is 31.1 Å². The van der Waals surface area contributed by atoms with Crippen LogP contribution >= 0.6 is 35.6 Å². The van der Waals surface area contributed by atoms with E-state index in [1.54, 1.807) is 0 Å². The first kappa shape index (κ1) is 26.3. The fraction of sp³-hybridized carbons (Fsp3) is 0.417. The lowest BCUT2D eigenvalue weighted by Crippen LogP contribution is -2.41. The van der Waals surface area contributed by atoms with Crippen LogP contribution in [-0.2, 0) is 17.9 Å². The topological polar surface area (TPSA) is 66.0 Å². The first-order valence-electron chi connectivity index (χ1n) is 10.8. The minimum absolute atomic E-state index is 0. The molecule has 0 saturated carbocycles. The van der Waals surface area contributed by atoms with Crippen LogP contribution in [0.15, 0.2) is 53.5 Å². The lowest BCUT2D eigenvalue weighted by Gasteiger charge is -2.18.